The summed E-state index contributed by atoms with van der Waals surface area (Å²) in [7, 11) is 0. The van der Waals surface area contributed by atoms with Gasteiger partial charge in [-0.2, -0.15) is 0 Å². The van der Waals surface area contributed by atoms with Crippen molar-refractivity contribution in [1.82, 2.24) is 9.80 Å². The van der Waals surface area contributed by atoms with Gasteiger partial charge in [-0.1, -0.05) is 0 Å². The summed E-state index contributed by atoms with van der Waals surface area (Å²) in [4.78, 5) is 27.1. The van der Waals surface area contributed by atoms with Gasteiger partial charge in [-0.25, -0.2) is 0 Å². The van der Waals surface area contributed by atoms with Crippen molar-refractivity contribution in [2.24, 2.45) is 17.8 Å². The number of carbonyl (C=O) groups is 2. The summed E-state index contributed by atoms with van der Waals surface area (Å²) in [5.41, 5.74) is 0. The highest BCUT2D eigenvalue weighted by Gasteiger charge is 2.47. The van der Waals surface area contributed by atoms with Gasteiger partial charge in [0.05, 0.1) is 6.54 Å². The number of nitrogens with zero attached hydrogens (tertiary/aromatic N) is 2. The van der Waals surface area contributed by atoms with Crippen molar-refractivity contribution in [2.45, 2.75) is 25.7 Å². The van der Waals surface area contributed by atoms with Crippen molar-refractivity contribution in [2.75, 3.05) is 32.7 Å². The molecule has 19 heavy (non-hydrogen) atoms. The van der Waals surface area contributed by atoms with E-state index in [0.29, 0.717) is 43.9 Å². The molecule has 0 unspecified atom stereocenters. The Labute approximate surface area is 113 Å². The van der Waals surface area contributed by atoms with Gasteiger partial charge in [0, 0.05) is 32.1 Å². The summed E-state index contributed by atoms with van der Waals surface area (Å²) in [6, 6.07) is 0. The van der Waals surface area contributed by atoms with Crippen molar-refractivity contribution in [3.05, 3.63) is 0 Å². The lowest BCUT2D eigenvalue weighted by Crippen LogP contribution is -2.51. The highest BCUT2D eigenvalue weighted by molar-refractivity contribution is 5.80. The molecule has 0 atom stereocenters. The lowest BCUT2D eigenvalue weighted by Gasteiger charge is -2.36. The van der Waals surface area contributed by atoms with Gasteiger partial charge in [-0.3, -0.25) is 14.5 Å². The van der Waals surface area contributed by atoms with Gasteiger partial charge in [0.2, 0.25) is 5.91 Å². The summed E-state index contributed by atoms with van der Waals surface area (Å²) in [6.45, 7) is 2.88. The average molecular weight is 266 g/mol. The molecule has 3 rings (SSSR count). The first-order chi connectivity index (χ1) is 9.15. The number of carbonyl (C=O) groups excluding carboxylic acids is 1. The molecule has 1 aliphatic heterocycles. The molecule has 106 valence electrons. The van der Waals surface area contributed by atoms with E-state index in [9.17, 15) is 9.59 Å². The Kier molecular flexibility index (Phi) is 3.48. The number of rotatable bonds is 5. The third-order valence-corrected chi connectivity index (χ3v) is 4.59. The van der Waals surface area contributed by atoms with Crippen LogP contribution in [-0.2, 0) is 9.59 Å². The van der Waals surface area contributed by atoms with Crippen LogP contribution in [0.3, 0.4) is 0 Å². The number of hydrogen-bond acceptors (Lipinski definition) is 3. The molecule has 5 heteroatoms. The summed E-state index contributed by atoms with van der Waals surface area (Å²) >= 11 is 0. The first kappa shape index (κ1) is 12.9. The van der Waals surface area contributed by atoms with Gasteiger partial charge in [0.25, 0.3) is 0 Å². The van der Waals surface area contributed by atoms with Crippen LogP contribution < -0.4 is 0 Å². The molecule has 3 fully saturated rings. The fourth-order valence-corrected chi connectivity index (χ4v) is 3.23. The highest BCUT2D eigenvalue weighted by atomic mass is 16.4. The maximum Gasteiger partial charge on any atom is 0.317 e. The fourth-order valence-electron chi connectivity index (χ4n) is 3.23. The van der Waals surface area contributed by atoms with E-state index in [0.717, 1.165) is 0 Å². The van der Waals surface area contributed by atoms with Gasteiger partial charge >= 0.3 is 5.97 Å². The smallest absolute Gasteiger partial charge is 0.317 e. The van der Waals surface area contributed by atoms with Crippen LogP contribution in [0.15, 0.2) is 0 Å². The molecule has 1 amide bonds. The van der Waals surface area contributed by atoms with E-state index in [1.807, 2.05) is 9.80 Å². The van der Waals surface area contributed by atoms with Gasteiger partial charge in [-0.05, 0) is 37.5 Å². The minimum Gasteiger partial charge on any atom is -0.480 e. The van der Waals surface area contributed by atoms with E-state index in [-0.39, 0.29) is 12.5 Å². The van der Waals surface area contributed by atoms with E-state index in [1.165, 1.54) is 25.7 Å². The van der Waals surface area contributed by atoms with E-state index >= 15 is 0 Å². The van der Waals surface area contributed by atoms with Crippen LogP contribution in [-0.4, -0.2) is 59.5 Å². The fraction of sp³-hybridized carbons (Fsp3) is 0.857. The van der Waals surface area contributed by atoms with Crippen LogP contribution in [0.5, 0.6) is 0 Å². The molecule has 0 aromatic heterocycles. The third kappa shape index (κ3) is 3.08. The quantitative estimate of drug-likeness (QED) is 0.794. The van der Waals surface area contributed by atoms with E-state index in [2.05, 4.69) is 0 Å². The van der Waals surface area contributed by atoms with Crippen LogP contribution in [0.1, 0.15) is 25.7 Å². The lowest BCUT2D eigenvalue weighted by atomic mass is 9.96. The Hall–Kier alpha value is -1.10. The Bertz CT molecular complexity index is 357. The van der Waals surface area contributed by atoms with Crippen molar-refractivity contribution < 1.29 is 14.7 Å². The van der Waals surface area contributed by atoms with Gasteiger partial charge in [0.15, 0.2) is 0 Å². The van der Waals surface area contributed by atoms with Crippen LogP contribution in [0, 0.1) is 17.8 Å². The average Bonchev–Trinajstić information content (AvgIpc) is 3.24. The standard InChI is InChI=1S/C14H22N2O3/c17-12(18)9-15-5-7-16(8-6-15)14(19)13(10-1-2-10)11-3-4-11/h10-11,13H,1-9H2,(H,17,18). The van der Waals surface area contributed by atoms with Crippen LogP contribution >= 0.6 is 0 Å². The first-order valence-corrected chi connectivity index (χ1v) is 7.38. The summed E-state index contributed by atoms with van der Waals surface area (Å²) in [5, 5.41) is 8.77. The van der Waals surface area contributed by atoms with Gasteiger partial charge in [0.1, 0.15) is 0 Å². The zero-order valence-corrected chi connectivity index (χ0v) is 11.3. The van der Waals surface area contributed by atoms with Gasteiger partial charge < -0.3 is 10.0 Å². The lowest BCUT2D eigenvalue weighted by molar-refractivity contribution is -0.141. The second kappa shape index (κ2) is 5.12. The number of piperazine rings is 1. The molecule has 2 aliphatic carbocycles. The van der Waals surface area contributed by atoms with Crippen LogP contribution in [0.25, 0.3) is 0 Å². The number of carboxylic acids is 1. The molecule has 0 spiro atoms. The third-order valence-electron chi connectivity index (χ3n) is 4.59. The second-order valence-electron chi connectivity index (χ2n) is 6.20. The Morgan fingerprint density at radius 2 is 1.53 bits per heavy atom. The number of amides is 1. The Morgan fingerprint density at radius 3 is 1.95 bits per heavy atom. The van der Waals surface area contributed by atoms with Crippen LogP contribution in [0.2, 0.25) is 0 Å². The monoisotopic (exact) mass is 266 g/mol. The highest BCUT2D eigenvalue weighted by Crippen LogP contribution is 2.49. The van der Waals surface area contributed by atoms with E-state index < -0.39 is 5.97 Å². The van der Waals surface area contributed by atoms with Crippen LogP contribution in [0.4, 0.5) is 0 Å². The maximum absolute atomic E-state index is 12.6. The minimum atomic E-state index is -0.784. The molecule has 0 aromatic carbocycles. The second-order valence-corrected chi connectivity index (χ2v) is 6.20. The van der Waals surface area contributed by atoms with Crippen molar-refractivity contribution in [3.8, 4) is 0 Å². The molecule has 0 aromatic rings. The number of aliphatic carboxylic acids is 1. The molecular weight excluding hydrogens is 244 g/mol. The number of carboxylic acid groups (broad SMARTS) is 1. The molecular formula is C14H22N2O3. The topological polar surface area (TPSA) is 60.9 Å². The molecule has 5 nitrogen and oxygen atoms in total. The first-order valence-electron chi connectivity index (χ1n) is 7.38. The Balaban J connectivity index is 1.52. The molecule has 1 heterocycles. The normalized spacial score (nSPS) is 24.8. The summed E-state index contributed by atoms with van der Waals surface area (Å²) < 4.78 is 0. The van der Waals surface area contributed by atoms with Crippen molar-refractivity contribution >= 4 is 11.9 Å². The molecule has 2 saturated carbocycles. The summed E-state index contributed by atoms with van der Waals surface area (Å²) in [5.74, 6) is 1.15. The summed E-state index contributed by atoms with van der Waals surface area (Å²) in [6.07, 6.45) is 4.91. The maximum atomic E-state index is 12.6. The predicted octanol–water partition coefficient (Wildman–Crippen LogP) is 0.651. The van der Waals surface area contributed by atoms with E-state index in [1.54, 1.807) is 0 Å². The van der Waals surface area contributed by atoms with Crippen molar-refractivity contribution in [1.29, 1.82) is 0 Å². The largest absolute Gasteiger partial charge is 0.480 e. The van der Waals surface area contributed by atoms with E-state index in [4.69, 9.17) is 5.11 Å². The predicted molar refractivity (Wildman–Crippen MR) is 69.6 cm³/mol. The zero-order chi connectivity index (χ0) is 13.4. The zero-order valence-electron chi connectivity index (χ0n) is 11.3. The SMILES string of the molecule is O=C(O)CN1CCN(C(=O)C(C2CC2)C2CC2)CC1. The molecule has 1 N–H and O–H groups in total. The van der Waals surface area contributed by atoms with Gasteiger partial charge in [-0.15, -0.1) is 0 Å². The van der Waals surface area contributed by atoms with Crippen molar-refractivity contribution in [3.63, 3.8) is 0 Å². The minimum absolute atomic E-state index is 0.0940. The molecule has 0 radical (unpaired) electrons. The Morgan fingerprint density at radius 1 is 1.00 bits per heavy atom. The number of hydrogen-bond donors (Lipinski definition) is 1. The molecule has 0 bridgehead atoms. The molecule has 1 saturated heterocycles. The molecule has 3 aliphatic rings.